The zero-order chi connectivity index (χ0) is 28.8. The average Bonchev–Trinajstić information content (AvgIpc) is 3.68. The normalized spacial score (nSPS) is 18.6. The van der Waals surface area contributed by atoms with Gasteiger partial charge in [-0.1, -0.05) is 36.4 Å². The van der Waals surface area contributed by atoms with Crippen LogP contribution >= 0.6 is 0 Å². The highest BCUT2D eigenvalue weighted by Gasteiger charge is 2.35. The minimum Gasteiger partial charge on any atom is -0.478 e. The standard InChI is InChI=1S/C34H35N5O3/c1-21-28(34(41)42)20-35-39(21)31-7-3-6-29(37-31)27-5-2-4-24-12-15-30(32(24)27)36-26-13-10-22(11-14-26)23-16-18-38(19-17-23)33(40)25-8-9-25/h2-7,10-11,13-14,20,23,25,30,36H,8-9,12,15-19H2,1H3,(H,41,42). The van der Waals surface area contributed by atoms with Crippen molar-refractivity contribution in [2.45, 2.75) is 57.4 Å². The summed E-state index contributed by atoms with van der Waals surface area (Å²) in [4.78, 5) is 30.9. The number of aromatic nitrogens is 3. The molecule has 214 valence electrons. The number of carboxylic acids is 1. The predicted molar refractivity (Wildman–Crippen MR) is 161 cm³/mol. The number of piperidine rings is 1. The number of aryl methyl sites for hydroxylation is 1. The molecule has 3 heterocycles. The number of aromatic carboxylic acids is 1. The summed E-state index contributed by atoms with van der Waals surface area (Å²) in [6.45, 7) is 3.49. The maximum atomic E-state index is 12.4. The highest BCUT2D eigenvalue weighted by Crippen LogP contribution is 2.41. The van der Waals surface area contributed by atoms with Crippen molar-refractivity contribution in [1.82, 2.24) is 19.7 Å². The molecule has 8 nitrogen and oxygen atoms in total. The SMILES string of the molecule is Cc1c(C(=O)O)cnn1-c1cccc(-c2cccc3c2C(Nc2ccc(C4CCN(C(=O)C5CC5)CC4)cc2)CC3)n1. The Morgan fingerprint density at radius 3 is 2.40 bits per heavy atom. The number of nitrogens with one attached hydrogen (secondary N) is 1. The summed E-state index contributed by atoms with van der Waals surface area (Å²) in [6, 6.07) is 21.2. The molecule has 1 saturated heterocycles. The van der Waals surface area contributed by atoms with Gasteiger partial charge in [-0.15, -0.1) is 0 Å². The maximum absolute atomic E-state index is 12.4. The number of carbonyl (C=O) groups is 2. The van der Waals surface area contributed by atoms with Crippen molar-refractivity contribution in [2.24, 2.45) is 5.92 Å². The van der Waals surface area contributed by atoms with Gasteiger partial charge in [0.05, 0.1) is 23.6 Å². The molecule has 4 aromatic rings. The Morgan fingerprint density at radius 1 is 0.929 bits per heavy atom. The zero-order valence-corrected chi connectivity index (χ0v) is 23.8. The first-order valence-corrected chi connectivity index (χ1v) is 15.0. The number of pyridine rings is 1. The summed E-state index contributed by atoms with van der Waals surface area (Å²) in [5.74, 6) is 0.777. The van der Waals surface area contributed by atoms with Gasteiger partial charge in [-0.2, -0.15) is 5.10 Å². The molecular formula is C34H35N5O3. The molecule has 0 bridgehead atoms. The minimum atomic E-state index is -0.997. The van der Waals surface area contributed by atoms with Crippen LogP contribution in [0.5, 0.6) is 0 Å². The van der Waals surface area contributed by atoms with E-state index in [2.05, 4.69) is 57.8 Å². The largest absolute Gasteiger partial charge is 0.478 e. The van der Waals surface area contributed by atoms with Gasteiger partial charge in [-0.3, -0.25) is 4.79 Å². The summed E-state index contributed by atoms with van der Waals surface area (Å²) in [5.41, 5.74) is 7.68. The Balaban J connectivity index is 1.08. The van der Waals surface area contributed by atoms with Crippen LogP contribution in [-0.2, 0) is 11.2 Å². The Kier molecular flexibility index (Phi) is 6.76. The first-order valence-electron chi connectivity index (χ1n) is 15.0. The summed E-state index contributed by atoms with van der Waals surface area (Å²) < 4.78 is 1.59. The molecule has 2 aliphatic carbocycles. The molecule has 3 aliphatic rings. The lowest BCUT2D eigenvalue weighted by atomic mass is 9.89. The van der Waals surface area contributed by atoms with Crippen molar-refractivity contribution in [2.75, 3.05) is 18.4 Å². The highest BCUT2D eigenvalue weighted by atomic mass is 16.4. The molecule has 7 rings (SSSR count). The zero-order valence-electron chi connectivity index (χ0n) is 23.8. The van der Waals surface area contributed by atoms with E-state index < -0.39 is 5.97 Å². The molecule has 2 fully saturated rings. The minimum absolute atomic E-state index is 0.161. The lowest BCUT2D eigenvalue weighted by Gasteiger charge is -2.32. The van der Waals surface area contributed by atoms with Crippen molar-refractivity contribution in [3.8, 4) is 17.1 Å². The van der Waals surface area contributed by atoms with E-state index in [9.17, 15) is 14.7 Å². The number of nitrogens with zero attached hydrogens (tertiary/aromatic N) is 4. The summed E-state index contributed by atoms with van der Waals surface area (Å²) >= 11 is 0. The number of hydrogen-bond donors (Lipinski definition) is 2. The fraction of sp³-hybridized carbons (Fsp3) is 0.353. The topological polar surface area (TPSA) is 100 Å². The molecule has 42 heavy (non-hydrogen) atoms. The number of rotatable bonds is 7. The number of anilines is 1. The van der Waals surface area contributed by atoms with Gasteiger partial charge in [0.25, 0.3) is 0 Å². The Bertz CT molecular complexity index is 1650. The van der Waals surface area contributed by atoms with Crippen molar-refractivity contribution in [3.63, 3.8) is 0 Å². The van der Waals surface area contributed by atoms with E-state index in [0.29, 0.717) is 29.3 Å². The van der Waals surface area contributed by atoms with E-state index in [1.54, 1.807) is 11.6 Å². The summed E-state index contributed by atoms with van der Waals surface area (Å²) in [7, 11) is 0. The van der Waals surface area contributed by atoms with Gasteiger partial charge in [0.1, 0.15) is 5.56 Å². The van der Waals surface area contributed by atoms with Gasteiger partial charge in [-0.25, -0.2) is 14.5 Å². The van der Waals surface area contributed by atoms with Crippen LogP contribution in [0.25, 0.3) is 17.1 Å². The van der Waals surface area contributed by atoms with E-state index in [0.717, 1.165) is 68.6 Å². The van der Waals surface area contributed by atoms with Crippen LogP contribution in [0.3, 0.4) is 0 Å². The molecular weight excluding hydrogens is 526 g/mol. The fourth-order valence-electron chi connectivity index (χ4n) is 6.67. The van der Waals surface area contributed by atoms with E-state index in [1.807, 2.05) is 18.2 Å². The van der Waals surface area contributed by atoms with Crippen LogP contribution in [0, 0.1) is 12.8 Å². The number of carboxylic acid groups (broad SMARTS) is 1. The van der Waals surface area contributed by atoms with Gasteiger partial charge >= 0.3 is 5.97 Å². The number of fused-ring (bicyclic) bond motifs is 1. The molecule has 1 unspecified atom stereocenters. The third-order valence-corrected chi connectivity index (χ3v) is 9.17. The van der Waals surface area contributed by atoms with Crippen molar-refractivity contribution < 1.29 is 14.7 Å². The molecule has 2 aromatic heterocycles. The number of hydrogen-bond acceptors (Lipinski definition) is 5. The monoisotopic (exact) mass is 561 g/mol. The van der Waals surface area contributed by atoms with Crippen LogP contribution in [-0.4, -0.2) is 49.7 Å². The molecule has 1 atom stereocenters. The molecule has 2 N–H and O–H groups in total. The number of carbonyl (C=O) groups excluding carboxylic acids is 1. The molecule has 1 aliphatic heterocycles. The van der Waals surface area contributed by atoms with Gasteiger partial charge in [-0.05, 0) is 92.3 Å². The van der Waals surface area contributed by atoms with Crippen molar-refractivity contribution in [1.29, 1.82) is 0 Å². The highest BCUT2D eigenvalue weighted by molar-refractivity contribution is 5.88. The molecule has 0 spiro atoms. The number of benzene rings is 2. The third-order valence-electron chi connectivity index (χ3n) is 9.17. The van der Waals surface area contributed by atoms with Crippen LogP contribution in [0.1, 0.15) is 76.8 Å². The molecule has 0 radical (unpaired) electrons. The smallest absolute Gasteiger partial charge is 0.339 e. The lowest BCUT2D eigenvalue weighted by molar-refractivity contribution is -0.133. The molecule has 1 amide bonds. The van der Waals surface area contributed by atoms with Gasteiger partial charge in [0.2, 0.25) is 5.91 Å². The number of likely N-dealkylation sites (tertiary alicyclic amines) is 1. The quantitative estimate of drug-likeness (QED) is 0.281. The third kappa shape index (κ3) is 4.95. The van der Waals surface area contributed by atoms with Crippen molar-refractivity contribution >= 4 is 17.6 Å². The predicted octanol–water partition coefficient (Wildman–Crippen LogP) is 6.16. The second-order valence-corrected chi connectivity index (χ2v) is 11.9. The van der Waals surface area contributed by atoms with Crippen molar-refractivity contribution in [3.05, 3.63) is 94.8 Å². The lowest BCUT2D eigenvalue weighted by Crippen LogP contribution is -2.38. The maximum Gasteiger partial charge on any atom is 0.339 e. The Labute approximate surface area is 245 Å². The van der Waals surface area contributed by atoms with Gasteiger partial charge in [0.15, 0.2) is 5.82 Å². The fourth-order valence-corrected chi connectivity index (χ4v) is 6.67. The van der Waals surface area contributed by atoms with E-state index in [-0.39, 0.29) is 11.6 Å². The first kappa shape index (κ1) is 26.4. The van der Waals surface area contributed by atoms with E-state index >= 15 is 0 Å². The first-order chi connectivity index (χ1) is 20.5. The molecule has 1 saturated carbocycles. The van der Waals surface area contributed by atoms with E-state index in [4.69, 9.17) is 4.98 Å². The summed E-state index contributed by atoms with van der Waals surface area (Å²) in [5, 5.41) is 17.5. The van der Waals surface area contributed by atoms with Crippen LogP contribution in [0.2, 0.25) is 0 Å². The van der Waals surface area contributed by atoms with Crippen LogP contribution in [0.15, 0.2) is 66.9 Å². The van der Waals surface area contributed by atoms with Crippen LogP contribution < -0.4 is 5.32 Å². The van der Waals surface area contributed by atoms with Gasteiger partial charge in [0, 0.05) is 30.3 Å². The number of amides is 1. The Morgan fingerprint density at radius 2 is 1.69 bits per heavy atom. The van der Waals surface area contributed by atoms with Gasteiger partial charge < -0.3 is 15.3 Å². The summed E-state index contributed by atoms with van der Waals surface area (Å²) in [6.07, 6.45) is 7.58. The average molecular weight is 562 g/mol. The Hall–Kier alpha value is -4.46. The second-order valence-electron chi connectivity index (χ2n) is 11.9. The second kappa shape index (κ2) is 10.7. The van der Waals surface area contributed by atoms with E-state index in [1.165, 1.54) is 22.9 Å². The molecule has 8 heteroatoms. The molecule has 2 aromatic carbocycles. The van der Waals surface area contributed by atoms with Crippen LogP contribution in [0.4, 0.5) is 5.69 Å².